The van der Waals surface area contributed by atoms with Gasteiger partial charge in [-0.1, -0.05) is 42.5 Å². The molecular formula is C43H55N9. The lowest BCUT2D eigenvalue weighted by Crippen LogP contribution is -2.34. The number of nitrogens with one attached hydrogen (secondary N) is 1. The van der Waals surface area contributed by atoms with Crippen LogP contribution in [0.2, 0.25) is 0 Å². The van der Waals surface area contributed by atoms with E-state index in [0.717, 1.165) is 101 Å². The van der Waals surface area contributed by atoms with Crippen molar-refractivity contribution in [1.29, 1.82) is 0 Å². The van der Waals surface area contributed by atoms with Crippen molar-refractivity contribution in [2.75, 3.05) is 26.2 Å². The molecule has 272 valence electrons. The summed E-state index contributed by atoms with van der Waals surface area (Å²) in [4.78, 5) is 22.1. The third-order valence-electron chi connectivity index (χ3n) is 10.8. The fourth-order valence-electron chi connectivity index (χ4n) is 8.18. The molecule has 2 atom stereocenters. The molecule has 2 aromatic carbocycles. The van der Waals surface area contributed by atoms with Crippen molar-refractivity contribution in [1.82, 2.24) is 29.7 Å². The molecule has 3 aromatic heterocycles. The number of fused-ring (bicyclic) bond motifs is 4. The molecule has 3 aliphatic rings. The second kappa shape index (κ2) is 18.0. The Balaban J connectivity index is 0.000000220. The van der Waals surface area contributed by atoms with Crippen LogP contribution in [0.15, 0.2) is 90.2 Å². The van der Waals surface area contributed by atoms with Gasteiger partial charge in [-0.2, -0.15) is 0 Å². The fourth-order valence-corrected chi connectivity index (χ4v) is 8.18. The lowest BCUT2D eigenvalue weighted by molar-refractivity contribution is 0.157. The van der Waals surface area contributed by atoms with Crippen LogP contribution < -0.4 is 16.8 Å². The Morgan fingerprint density at radius 1 is 0.750 bits per heavy atom. The van der Waals surface area contributed by atoms with Gasteiger partial charge in [-0.25, -0.2) is 4.98 Å². The van der Waals surface area contributed by atoms with Crippen LogP contribution in [0, 0.1) is 0 Å². The van der Waals surface area contributed by atoms with Crippen molar-refractivity contribution < 1.29 is 0 Å². The zero-order valence-corrected chi connectivity index (χ0v) is 30.6. The molecule has 0 radical (unpaired) electrons. The van der Waals surface area contributed by atoms with E-state index in [0.29, 0.717) is 12.1 Å². The minimum atomic E-state index is 0.314. The number of aliphatic imine (C=N–C) groups is 1. The summed E-state index contributed by atoms with van der Waals surface area (Å²) in [6, 6.07) is 26.3. The molecule has 0 saturated heterocycles. The van der Waals surface area contributed by atoms with Crippen molar-refractivity contribution in [3.05, 3.63) is 119 Å². The number of rotatable bonds is 14. The van der Waals surface area contributed by atoms with Crippen LogP contribution in [0.4, 0.5) is 5.69 Å². The number of pyridine rings is 2. The number of hydrogen-bond acceptors (Lipinski definition) is 8. The molecule has 0 fully saturated rings. The maximum Gasteiger partial charge on any atom is 0.124 e. The first-order valence-corrected chi connectivity index (χ1v) is 19.6. The van der Waals surface area contributed by atoms with Gasteiger partial charge in [0.1, 0.15) is 5.82 Å². The van der Waals surface area contributed by atoms with E-state index in [4.69, 9.17) is 26.4 Å². The molecule has 0 spiro atoms. The van der Waals surface area contributed by atoms with E-state index >= 15 is 0 Å². The van der Waals surface area contributed by atoms with Gasteiger partial charge in [0.05, 0.1) is 47.2 Å². The van der Waals surface area contributed by atoms with Crippen molar-refractivity contribution in [3.8, 4) is 0 Å². The first-order valence-electron chi connectivity index (χ1n) is 19.6. The van der Waals surface area contributed by atoms with Gasteiger partial charge in [-0.3, -0.25) is 19.9 Å². The number of hydrogen-bond donors (Lipinski definition) is 3. The topological polar surface area (TPSA) is 123 Å². The molecule has 0 bridgehead atoms. The summed E-state index contributed by atoms with van der Waals surface area (Å²) in [5.74, 6) is 1.10. The van der Waals surface area contributed by atoms with E-state index in [2.05, 4.69) is 86.5 Å². The third-order valence-corrected chi connectivity index (χ3v) is 10.8. The molecule has 1 aliphatic heterocycles. The molecule has 0 saturated carbocycles. The highest BCUT2D eigenvalue weighted by atomic mass is 15.2. The number of imidazole rings is 1. The molecular weight excluding hydrogens is 643 g/mol. The number of aromatic nitrogens is 4. The van der Waals surface area contributed by atoms with E-state index in [1.165, 1.54) is 65.0 Å². The van der Waals surface area contributed by atoms with Gasteiger partial charge < -0.3 is 21.4 Å². The summed E-state index contributed by atoms with van der Waals surface area (Å²) >= 11 is 0. The SMILES string of the molecule is NCCCCN(Cc1nc2ccccc2n1CC1=Nc2ccccc2C1)[C@H]1CCCc2cccnc21.NCCCCN[C@H]1CCCc2cccnc21. The summed E-state index contributed by atoms with van der Waals surface area (Å²) in [7, 11) is 0. The molecule has 8 rings (SSSR count). The minimum Gasteiger partial charge on any atom is -0.330 e. The van der Waals surface area contributed by atoms with Gasteiger partial charge in [0.2, 0.25) is 0 Å². The second-order valence-electron chi connectivity index (χ2n) is 14.5. The second-order valence-corrected chi connectivity index (χ2v) is 14.5. The monoisotopic (exact) mass is 697 g/mol. The van der Waals surface area contributed by atoms with Crippen LogP contribution in [-0.4, -0.2) is 56.3 Å². The van der Waals surface area contributed by atoms with Crippen molar-refractivity contribution in [3.63, 3.8) is 0 Å². The molecule has 2 aliphatic carbocycles. The molecule has 0 unspecified atom stereocenters. The first kappa shape index (κ1) is 36.1. The maximum atomic E-state index is 5.86. The van der Waals surface area contributed by atoms with Crippen LogP contribution in [0.3, 0.4) is 0 Å². The predicted molar refractivity (Wildman–Crippen MR) is 212 cm³/mol. The lowest BCUT2D eigenvalue weighted by Gasteiger charge is -2.35. The van der Waals surface area contributed by atoms with Gasteiger partial charge in [-0.15, -0.1) is 0 Å². The van der Waals surface area contributed by atoms with Crippen LogP contribution in [-0.2, 0) is 32.4 Å². The van der Waals surface area contributed by atoms with Gasteiger partial charge in [0, 0.05) is 30.6 Å². The smallest absolute Gasteiger partial charge is 0.124 e. The molecule has 4 heterocycles. The average molecular weight is 698 g/mol. The normalized spacial score (nSPS) is 17.6. The lowest BCUT2D eigenvalue weighted by atomic mass is 9.90. The van der Waals surface area contributed by atoms with Crippen LogP contribution >= 0.6 is 0 Å². The highest BCUT2D eigenvalue weighted by molar-refractivity contribution is 5.94. The van der Waals surface area contributed by atoms with Gasteiger partial charge in [0.25, 0.3) is 0 Å². The van der Waals surface area contributed by atoms with E-state index in [9.17, 15) is 0 Å². The van der Waals surface area contributed by atoms with E-state index in [1.807, 2.05) is 18.5 Å². The first-order chi connectivity index (χ1) is 25.7. The van der Waals surface area contributed by atoms with Crippen LogP contribution in [0.5, 0.6) is 0 Å². The van der Waals surface area contributed by atoms with Gasteiger partial charge in [-0.05, 0) is 137 Å². The Morgan fingerprint density at radius 3 is 2.29 bits per heavy atom. The Bertz CT molecular complexity index is 1930. The summed E-state index contributed by atoms with van der Waals surface area (Å²) in [6.07, 6.45) is 16.3. The summed E-state index contributed by atoms with van der Waals surface area (Å²) in [5.41, 5.74) is 22.5. The Labute approximate surface area is 309 Å². The molecule has 5 N–H and O–H groups in total. The van der Waals surface area contributed by atoms with Crippen LogP contribution in [0.1, 0.15) is 97.4 Å². The Morgan fingerprint density at radius 2 is 1.46 bits per heavy atom. The highest BCUT2D eigenvalue weighted by Crippen LogP contribution is 2.35. The average Bonchev–Trinajstić information content (AvgIpc) is 3.77. The molecule has 5 aromatic rings. The summed E-state index contributed by atoms with van der Waals surface area (Å²) in [5, 5.41) is 3.59. The number of aryl methyl sites for hydroxylation is 2. The molecule has 9 nitrogen and oxygen atoms in total. The Hall–Kier alpha value is -4.28. The van der Waals surface area contributed by atoms with Crippen LogP contribution in [0.25, 0.3) is 11.0 Å². The van der Waals surface area contributed by atoms with Crippen molar-refractivity contribution in [2.24, 2.45) is 16.5 Å². The summed E-state index contributed by atoms with van der Waals surface area (Å²) in [6.45, 7) is 5.12. The number of para-hydroxylation sites is 3. The molecule has 9 heteroatoms. The zero-order chi connectivity index (χ0) is 35.5. The van der Waals surface area contributed by atoms with Gasteiger partial charge >= 0.3 is 0 Å². The quantitative estimate of drug-likeness (QED) is 0.105. The Kier molecular flexibility index (Phi) is 12.5. The number of nitrogens with two attached hydrogens (primary N) is 2. The number of benzene rings is 2. The van der Waals surface area contributed by atoms with E-state index in [-0.39, 0.29) is 0 Å². The number of nitrogens with zero attached hydrogens (tertiary/aromatic N) is 6. The van der Waals surface area contributed by atoms with Gasteiger partial charge in [0.15, 0.2) is 0 Å². The van der Waals surface area contributed by atoms with E-state index < -0.39 is 0 Å². The standard InChI is InChI=1S/C30H34N6.C13H21N3/c31-16-5-6-18-35(28-15-7-10-22-11-8-17-32-30(22)28)21-29-34-26-13-3-4-14-27(26)36(29)20-24-19-23-9-1-2-12-25(23)33-24;14-8-1-2-9-15-12-7-3-5-11-6-4-10-16-13(11)12/h1-4,8-9,11-14,17,28H,5-7,10,15-16,18-21,31H2;4,6,10,12,15H,1-3,5,7-9,14H2/t28-;12-/m00/s1. The third kappa shape index (κ3) is 8.67. The maximum absolute atomic E-state index is 5.86. The summed E-state index contributed by atoms with van der Waals surface area (Å²) < 4.78 is 2.39. The largest absolute Gasteiger partial charge is 0.330 e. The van der Waals surface area contributed by atoms with Crippen molar-refractivity contribution >= 4 is 22.4 Å². The zero-order valence-electron chi connectivity index (χ0n) is 30.6. The van der Waals surface area contributed by atoms with Crippen molar-refractivity contribution in [2.45, 2.75) is 95.8 Å². The van der Waals surface area contributed by atoms with E-state index in [1.54, 1.807) is 0 Å². The predicted octanol–water partition coefficient (Wildman–Crippen LogP) is 7.17. The molecule has 0 amide bonds. The fraction of sp³-hybridized carbons (Fsp3) is 0.442. The highest BCUT2D eigenvalue weighted by Gasteiger charge is 2.29. The minimum absolute atomic E-state index is 0.314. The molecule has 52 heavy (non-hydrogen) atoms. The number of unbranched alkanes of at least 4 members (excludes halogenated alkanes) is 2.